The molecule has 2 heterocycles. The normalized spacial score (nSPS) is 23.3. The zero-order chi connectivity index (χ0) is 16.7. The van der Waals surface area contributed by atoms with Crippen LogP contribution in [0.4, 0.5) is 0 Å². The molecular formula is C19H24N4O. The molecule has 5 heteroatoms. The fourth-order valence-corrected chi connectivity index (χ4v) is 4.27. The summed E-state index contributed by atoms with van der Waals surface area (Å²) in [6.07, 6.45) is 4.06. The van der Waals surface area contributed by atoms with Gasteiger partial charge < -0.3 is 4.90 Å². The highest BCUT2D eigenvalue weighted by molar-refractivity contribution is 5.85. The van der Waals surface area contributed by atoms with E-state index in [0.717, 1.165) is 50.4 Å². The Hall–Kier alpha value is -2.17. The molecule has 24 heavy (non-hydrogen) atoms. The molecule has 2 aromatic rings. The molecule has 1 aliphatic carbocycles. The standard InChI is InChI=1S/C19H24N4O/c1-13-20-14(2)23(21-13)16-7-5-11-22(12-16)19(24)18-10-9-15-6-3-4-8-17(15)18/h3-4,6,8,16,18H,5,7,9-12H2,1-2H3. The molecule has 126 valence electrons. The van der Waals surface area contributed by atoms with E-state index in [1.54, 1.807) is 0 Å². The zero-order valence-corrected chi connectivity index (χ0v) is 14.4. The van der Waals surface area contributed by atoms with Crippen molar-refractivity contribution in [2.75, 3.05) is 13.1 Å². The SMILES string of the molecule is Cc1nc(C)n(C2CCCN(C(=O)C3CCc4ccccc43)C2)n1. The Balaban J connectivity index is 1.52. The van der Waals surface area contributed by atoms with Crippen LogP contribution < -0.4 is 0 Å². The van der Waals surface area contributed by atoms with Gasteiger partial charge in [0.1, 0.15) is 11.6 Å². The van der Waals surface area contributed by atoms with Crippen LogP contribution >= 0.6 is 0 Å². The fourth-order valence-electron chi connectivity index (χ4n) is 4.27. The van der Waals surface area contributed by atoms with Gasteiger partial charge in [-0.1, -0.05) is 24.3 Å². The highest BCUT2D eigenvalue weighted by Crippen LogP contribution is 2.35. The average molecular weight is 324 g/mol. The Morgan fingerprint density at radius 3 is 2.83 bits per heavy atom. The van der Waals surface area contributed by atoms with Gasteiger partial charge in [-0.3, -0.25) is 4.79 Å². The molecule has 2 unspecified atom stereocenters. The van der Waals surface area contributed by atoms with Crippen LogP contribution in [0.5, 0.6) is 0 Å². The minimum Gasteiger partial charge on any atom is -0.340 e. The summed E-state index contributed by atoms with van der Waals surface area (Å²) in [5.74, 6) is 2.08. The lowest BCUT2D eigenvalue weighted by atomic mass is 9.97. The van der Waals surface area contributed by atoms with E-state index < -0.39 is 0 Å². The summed E-state index contributed by atoms with van der Waals surface area (Å²) < 4.78 is 2.01. The molecule has 0 radical (unpaired) electrons. The third-order valence-electron chi connectivity index (χ3n) is 5.39. The topological polar surface area (TPSA) is 51.0 Å². The minimum absolute atomic E-state index is 0.0403. The maximum atomic E-state index is 13.1. The van der Waals surface area contributed by atoms with Crippen LogP contribution in [0, 0.1) is 13.8 Å². The number of aromatic nitrogens is 3. The Kier molecular flexibility index (Phi) is 3.87. The number of nitrogens with zero attached hydrogens (tertiary/aromatic N) is 4. The maximum Gasteiger partial charge on any atom is 0.230 e. The van der Waals surface area contributed by atoms with Crippen molar-refractivity contribution in [1.29, 1.82) is 0 Å². The quantitative estimate of drug-likeness (QED) is 0.853. The number of benzene rings is 1. The van der Waals surface area contributed by atoms with Gasteiger partial charge in [-0.25, -0.2) is 9.67 Å². The van der Waals surface area contributed by atoms with Gasteiger partial charge in [-0.2, -0.15) is 5.10 Å². The molecule has 1 fully saturated rings. The summed E-state index contributed by atoms with van der Waals surface area (Å²) in [4.78, 5) is 19.6. The Labute approximate surface area is 142 Å². The first-order valence-electron chi connectivity index (χ1n) is 8.90. The van der Waals surface area contributed by atoms with E-state index in [2.05, 4.69) is 33.2 Å². The minimum atomic E-state index is 0.0403. The van der Waals surface area contributed by atoms with Crippen molar-refractivity contribution in [3.8, 4) is 0 Å². The number of carbonyl (C=O) groups excluding carboxylic acids is 1. The van der Waals surface area contributed by atoms with E-state index in [0.29, 0.717) is 5.91 Å². The predicted molar refractivity (Wildman–Crippen MR) is 91.9 cm³/mol. The van der Waals surface area contributed by atoms with Crippen molar-refractivity contribution >= 4 is 5.91 Å². The lowest BCUT2D eigenvalue weighted by Gasteiger charge is -2.34. The number of aryl methyl sites for hydroxylation is 3. The monoisotopic (exact) mass is 324 g/mol. The van der Waals surface area contributed by atoms with Gasteiger partial charge in [-0.15, -0.1) is 0 Å². The third-order valence-corrected chi connectivity index (χ3v) is 5.39. The fraction of sp³-hybridized carbons (Fsp3) is 0.526. The molecule has 0 saturated carbocycles. The molecule has 1 amide bonds. The van der Waals surface area contributed by atoms with Crippen LogP contribution in [-0.4, -0.2) is 38.7 Å². The van der Waals surface area contributed by atoms with Crippen LogP contribution in [0.25, 0.3) is 0 Å². The van der Waals surface area contributed by atoms with E-state index in [1.165, 1.54) is 11.1 Å². The number of fused-ring (bicyclic) bond motifs is 1. The van der Waals surface area contributed by atoms with Gasteiger partial charge in [0.2, 0.25) is 5.91 Å². The molecule has 1 aromatic carbocycles. The number of rotatable bonds is 2. The zero-order valence-electron chi connectivity index (χ0n) is 14.4. The van der Waals surface area contributed by atoms with Crippen LogP contribution in [0.2, 0.25) is 0 Å². The highest BCUT2D eigenvalue weighted by atomic mass is 16.2. The van der Waals surface area contributed by atoms with Gasteiger partial charge >= 0.3 is 0 Å². The molecule has 1 saturated heterocycles. The van der Waals surface area contributed by atoms with Crippen LogP contribution in [0.1, 0.15) is 54.0 Å². The second-order valence-electron chi connectivity index (χ2n) is 7.02. The number of piperidine rings is 1. The van der Waals surface area contributed by atoms with Crippen molar-refractivity contribution in [1.82, 2.24) is 19.7 Å². The first-order valence-corrected chi connectivity index (χ1v) is 8.90. The molecule has 0 spiro atoms. The van der Waals surface area contributed by atoms with E-state index in [1.807, 2.05) is 24.6 Å². The van der Waals surface area contributed by atoms with Crippen molar-refractivity contribution in [2.45, 2.75) is 51.5 Å². The summed E-state index contributed by atoms with van der Waals surface area (Å²) in [5, 5.41) is 4.53. The third kappa shape index (κ3) is 2.62. The van der Waals surface area contributed by atoms with Crippen molar-refractivity contribution in [3.63, 3.8) is 0 Å². The highest BCUT2D eigenvalue weighted by Gasteiger charge is 2.34. The molecule has 0 N–H and O–H groups in total. The number of amides is 1. The number of carbonyl (C=O) groups is 1. The largest absolute Gasteiger partial charge is 0.340 e. The van der Waals surface area contributed by atoms with Gasteiger partial charge in [0, 0.05) is 13.1 Å². The second kappa shape index (κ2) is 6.04. The summed E-state index contributed by atoms with van der Waals surface area (Å²) in [7, 11) is 0. The van der Waals surface area contributed by atoms with E-state index in [-0.39, 0.29) is 12.0 Å². The summed E-state index contributed by atoms with van der Waals surface area (Å²) >= 11 is 0. The van der Waals surface area contributed by atoms with Crippen molar-refractivity contribution in [3.05, 3.63) is 47.0 Å². The van der Waals surface area contributed by atoms with E-state index in [9.17, 15) is 4.79 Å². The predicted octanol–water partition coefficient (Wildman–Crippen LogP) is 2.79. The molecule has 1 aliphatic heterocycles. The summed E-state index contributed by atoms with van der Waals surface area (Å²) in [6, 6.07) is 8.64. The number of likely N-dealkylation sites (tertiary alicyclic amines) is 1. The molecule has 4 rings (SSSR count). The molecule has 2 atom stereocenters. The molecular weight excluding hydrogens is 300 g/mol. The van der Waals surface area contributed by atoms with E-state index in [4.69, 9.17) is 0 Å². The van der Waals surface area contributed by atoms with Crippen LogP contribution in [0.3, 0.4) is 0 Å². The summed E-state index contributed by atoms with van der Waals surface area (Å²) in [5.41, 5.74) is 2.57. The first-order chi connectivity index (χ1) is 11.6. The lowest BCUT2D eigenvalue weighted by Crippen LogP contribution is -2.43. The second-order valence-corrected chi connectivity index (χ2v) is 7.02. The molecule has 5 nitrogen and oxygen atoms in total. The first kappa shape index (κ1) is 15.4. The number of hydrogen-bond donors (Lipinski definition) is 0. The van der Waals surface area contributed by atoms with Crippen molar-refractivity contribution in [2.24, 2.45) is 0 Å². The van der Waals surface area contributed by atoms with Crippen molar-refractivity contribution < 1.29 is 4.79 Å². The smallest absolute Gasteiger partial charge is 0.230 e. The lowest BCUT2D eigenvalue weighted by molar-refractivity contribution is -0.134. The van der Waals surface area contributed by atoms with Gasteiger partial charge in [0.25, 0.3) is 0 Å². The van der Waals surface area contributed by atoms with Gasteiger partial charge in [-0.05, 0) is 50.7 Å². The Bertz CT molecular complexity index is 766. The summed E-state index contributed by atoms with van der Waals surface area (Å²) in [6.45, 7) is 5.53. The van der Waals surface area contributed by atoms with Crippen LogP contribution in [-0.2, 0) is 11.2 Å². The Morgan fingerprint density at radius 1 is 1.21 bits per heavy atom. The van der Waals surface area contributed by atoms with Gasteiger partial charge in [0.15, 0.2) is 0 Å². The number of hydrogen-bond acceptors (Lipinski definition) is 3. The maximum absolute atomic E-state index is 13.1. The molecule has 0 bridgehead atoms. The average Bonchev–Trinajstić information content (AvgIpc) is 3.17. The van der Waals surface area contributed by atoms with Gasteiger partial charge in [0.05, 0.1) is 12.0 Å². The Morgan fingerprint density at radius 2 is 2.04 bits per heavy atom. The molecule has 1 aromatic heterocycles. The van der Waals surface area contributed by atoms with Crippen LogP contribution in [0.15, 0.2) is 24.3 Å². The molecule has 2 aliphatic rings. The van der Waals surface area contributed by atoms with E-state index >= 15 is 0 Å².